The first-order chi connectivity index (χ1) is 10.1. The van der Waals surface area contributed by atoms with Crippen molar-refractivity contribution < 1.29 is 4.74 Å². The second kappa shape index (κ2) is 8.12. The summed E-state index contributed by atoms with van der Waals surface area (Å²) in [6, 6.07) is 1.35. The Bertz CT molecular complexity index is 301. The van der Waals surface area contributed by atoms with Gasteiger partial charge in [-0.25, -0.2) is 0 Å². The summed E-state index contributed by atoms with van der Waals surface area (Å²) in [6.45, 7) is 22.7. The molecule has 0 N–H and O–H groups in total. The maximum atomic E-state index is 5.21. The van der Waals surface area contributed by atoms with E-state index in [0.29, 0.717) is 23.2 Å². The molecule has 0 atom stereocenters. The molecule has 0 unspecified atom stereocenters. The summed E-state index contributed by atoms with van der Waals surface area (Å²) in [6.07, 6.45) is 4.06. The lowest BCUT2D eigenvalue weighted by atomic mass is 9.79. The molecule has 0 amide bonds. The molecule has 0 saturated carbocycles. The summed E-state index contributed by atoms with van der Waals surface area (Å²) in [4.78, 5) is 5.12. The SMILES string of the molecule is CC(C)N1C(C)(C)CCCC1(C)C.CC(C)N1CCOCC1. The standard InChI is InChI=1S/C12H25N.C7H15NO/c1-10(2)13-11(3,4)8-7-9-12(13,5)6;1-7(2)8-3-5-9-6-4-8/h10H,7-9H2,1-6H3;7H,3-6H2,1-2H3. The fourth-order valence-corrected chi connectivity index (χ4v) is 4.51. The summed E-state index contributed by atoms with van der Waals surface area (Å²) in [5, 5.41) is 0. The Morgan fingerprint density at radius 3 is 1.50 bits per heavy atom. The smallest absolute Gasteiger partial charge is 0.0594 e. The number of nitrogens with zero attached hydrogens (tertiary/aromatic N) is 2. The fourth-order valence-electron chi connectivity index (χ4n) is 4.51. The summed E-state index contributed by atoms with van der Waals surface area (Å²) in [7, 11) is 0. The summed E-state index contributed by atoms with van der Waals surface area (Å²) in [5.74, 6) is 0. The number of hydrogen-bond acceptors (Lipinski definition) is 3. The van der Waals surface area contributed by atoms with Crippen LogP contribution in [-0.2, 0) is 4.74 Å². The Morgan fingerprint density at radius 1 is 0.773 bits per heavy atom. The molecule has 0 aromatic heterocycles. The first kappa shape index (κ1) is 19.9. The third kappa shape index (κ3) is 5.50. The number of morpholine rings is 1. The van der Waals surface area contributed by atoms with Gasteiger partial charge in [0.15, 0.2) is 0 Å². The molecule has 2 fully saturated rings. The third-order valence-corrected chi connectivity index (χ3v) is 5.17. The van der Waals surface area contributed by atoms with Crippen LogP contribution < -0.4 is 0 Å². The van der Waals surface area contributed by atoms with Crippen molar-refractivity contribution >= 4 is 0 Å². The average Bonchev–Trinajstić information content (AvgIpc) is 2.37. The molecule has 3 heteroatoms. The minimum atomic E-state index is 0.385. The van der Waals surface area contributed by atoms with Gasteiger partial charge in [0.2, 0.25) is 0 Å². The zero-order chi connectivity index (χ0) is 17.0. The highest BCUT2D eigenvalue weighted by molar-refractivity contribution is 4.98. The Hall–Kier alpha value is -0.120. The second-order valence-electron chi connectivity index (χ2n) is 8.68. The van der Waals surface area contributed by atoms with Crippen LogP contribution >= 0.6 is 0 Å². The molecule has 0 spiro atoms. The lowest BCUT2D eigenvalue weighted by molar-refractivity contribution is -0.0508. The number of piperidine rings is 1. The van der Waals surface area contributed by atoms with Gasteiger partial charge < -0.3 is 4.74 Å². The van der Waals surface area contributed by atoms with E-state index in [9.17, 15) is 0 Å². The number of hydrogen-bond donors (Lipinski definition) is 0. The molecule has 0 radical (unpaired) electrons. The van der Waals surface area contributed by atoms with Gasteiger partial charge in [0, 0.05) is 36.3 Å². The maximum absolute atomic E-state index is 5.21. The van der Waals surface area contributed by atoms with Gasteiger partial charge in [-0.2, -0.15) is 0 Å². The predicted octanol–water partition coefficient (Wildman–Crippen LogP) is 4.16. The van der Waals surface area contributed by atoms with Crippen molar-refractivity contribution in [2.45, 2.75) is 97.8 Å². The van der Waals surface area contributed by atoms with Gasteiger partial charge in [0.1, 0.15) is 0 Å². The molecule has 2 rings (SSSR count). The molecule has 2 saturated heterocycles. The van der Waals surface area contributed by atoms with Crippen LogP contribution in [0.2, 0.25) is 0 Å². The van der Waals surface area contributed by atoms with Crippen molar-refractivity contribution in [3.63, 3.8) is 0 Å². The van der Waals surface area contributed by atoms with Gasteiger partial charge in [-0.1, -0.05) is 0 Å². The van der Waals surface area contributed by atoms with E-state index in [0.717, 1.165) is 26.3 Å². The Labute approximate surface area is 139 Å². The van der Waals surface area contributed by atoms with E-state index in [-0.39, 0.29) is 0 Å². The number of rotatable bonds is 2. The van der Waals surface area contributed by atoms with Crippen LogP contribution in [0.5, 0.6) is 0 Å². The second-order valence-corrected chi connectivity index (χ2v) is 8.68. The van der Waals surface area contributed by atoms with Gasteiger partial charge in [0.05, 0.1) is 13.2 Å². The molecule has 0 aliphatic carbocycles. The lowest BCUT2D eigenvalue weighted by Crippen LogP contribution is -2.61. The lowest BCUT2D eigenvalue weighted by Gasteiger charge is -2.55. The quantitative estimate of drug-likeness (QED) is 0.761. The molecule has 0 aromatic carbocycles. The Balaban J connectivity index is 0.000000235. The topological polar surface area (TPSA) is 15.7 Å². The Kier molecular flexibility index (Phi) is 7.35. The van der Waals surface area contributed by atoms with Crippen molar-refractivity contribution in [2.75, 3.05) is 26.3 Å². The van der Waals surface area contributed by atoms with E-state index in [1.807, 2.05) is 0 Å². The summed E-state index contributed by atoms with van der Waals surface area (Å²) in [5.41, 5.74) is 0.770. The predicted molar refractivity (Wildman–Crippen MR) is 96.5 cm³/mol. The van der Waals surface area contributed by atoms with Crippen molar-refractivity contribution in [3.8, 4) is 0 Å². The minimum Gasteiger partial charge on any atom is -0.379 e. The minimum absolute atomic E-state index is 0.385. The van der Waals surface area contributed by atoms with Crippen LogP contribution in [0, 0.1) is 0 Å². The van der Waals surface area contributed by atoms with E-state index >= 15 is 0 Å². The van der Waals surface area contributed by atoms with E-state index in [2.05, 4.69) is 65.2 Å². The van der Waals surface area contributed by atoms with Crippen molar-refractivity contribution in [1.82, 2.24) is 9.80 Å². The molecular formula is C19H40N2O. The third-order valence-electron chi connectivity index (χ3n) is 5.17. The van der Waals surface area contributed by atoms with Crippen LogP contribution in [0.15, 0.2) is 0 Å². The molecule has 0 bridgehead atoms. The average molecular weight is 313 g/mol. The highest BCUT2D eigenvalue weighted by Crippen LogP contribution is 2.39. The molecule has 2 heterocycles. The normalized spacial score (nSPS) is 25.9. The Morgan fingerprint density at radius 2 is 1.23 bits per heavy atom. The molecule has 2 aliphatic heterocycles. The largest absolute Gasteiger partial charge is 0.379 e. The van der Waals surface area contributed by atoms with E-state index in [1.54, 1.807) is 0 Å². The van der Waals surface area contributed by atoms with Gasteiger partial charge >= 0.3 is 0 Å². The summed E-state index contributed by atoms with van der Waals surface area (Å²) >= 11 is 0. The number of likely N-dealkylation sites (tertiary alicyclic amines) is 1. The summed E-state index contributed by atoms with van der Waals surface area (Å²) < 4.78 is 5.21. The maximum Gasteiger partial charge on any atom is 0.0594 e. The van der Waals surface area contributed by atoms with E-state index in [1.165, 1.54) is 19.3 Å². The van der Waals surface area contributed by atoms with Crippen LogP contribution in [-0.4, -0.2) is 59.3 Å². The van der Waals surface area contributed by atoms with Crippen LogP contribution in [0.3, 0.4) is 0 Å². The van der Waals surface area contributed by atoms with Crippen LogP contribution in [0.25, 0.3) is 0 Å². The van der Waals surface area contributed by atoms with Crippen LogP contribution in [0.4, 0.5) is 0 Å². The van der Waals surface area contributed by atoms with Crippen molar-refractivity contribution in [3.05, 3.63) is 0 Å². The van der Waals surface area contributed by atoms with Gasteiger partial charge in [-0.15, -0.1) is 0 Å². The highest BCUT2D eigenvalue weighted by Gasteiger charge is 2.42. The fraction of sp³-hybridized carbons (Fsp3) is 1.00. The molecule has 132 valence electrons. The van der Waals surface area contributed by atoms with Gasteiger partial charge in [0.25, 0.3) is 0 Å². The number of ether oxygens (including phenoxy) is 1. The van der Waals surface area contributed by atoms with Crippen molar-refractivity contribution in [2.24, 2.45) is 0 Å². The van der Waals surface area contributed by atoms with Gasteiger partial charge in [-0.3, -0.25) is 9.80 Å². The zero-order valence-electron chi connectivity index (χ0n) is 16.4. The van der Waals surface area contributed by atoms with E-state index in [4.69, 9.17) is 4.74 Å². The first-order valence-corrected chi connectivity index (χ1v) is 9.19. The van der Waals surface area contributed by atoms with Gasteiger partial charge in [-0.05, 0) is 74.7 Å². The molecule has 2 aliphatic rings. The monoisotopic (exact) mass is 312 g/mol. The highest BCUT2D eigenvalue weighted by atomic mass is 16.5. The molecule has 22 heavy (non-hydrogen) atoms. The molecule has 3 nitrogen and oxygen atoms in total. The first-order valence-electron chi connectivity index (χ1n) is 9.19. The van der Waals surface area contributed by atoms with Crippen molar-refractivity contribution in [1.29, 1.82) is 0 Å². The molecular weight excluding hydrogens is 272 g/mol. The zero-order valence-corrected chi connectivity index (χ0v) is 16.4. The van der Waals surface area contributed by atoms with Crippen LogP contribution in [0.1, 0.15) is 74.7 Å². The molecule has 0 aromatic rings. The van der Waals surface area contributed by atoms with E-state index < -0.39 is 0 Å².